The number of aliphatic carboxylic acids is 1. The zero-order chi connectivity index (χ0) is 30.8. The van der Waals surface area contributed by atoms with Gasteiger partial charge in [-0.15, -0.1) is 0 Å². The number of fused-ring (bicyclic) bond motifs is 5. The first-order valence-corrected chi connectivity index (χ1v) is 18.6. The van der Waals surface area contributed by atoms with E-state index in [1.807, 2.05) is 0 Å². The van der Waals surface area contributed by atoms with Crippen molar-refractivity contribution in [1.82, 2.24) is 0 Å². The second-order valence-corrected chi connectivity index (χ2v) is 16.2. The van der Waals surface area contributed by atoms with E-state index in [0.29, 0.717) is 17.3 Å². The number of unbranched alkanes of at least 4 members (excludes halogenated alkanes) is 8. The fraction of sp³-hybridized carbons (Fsp3) is 0.923. The van der Waals surface area contributed by atoms with Gasteiger partial charge in [0.25, 0.3) is 0 Å². The lowest BCUT2D eigenvalue weighted by Gasteiger charge is -2.58. The van der Waals surface area contributed by atoms with Crippen LogP contribution >= 0.6 is 0 Å². The Bertz CT molecular complexity index is 831. The molecule has 0 aromatic rings. The van der Waals surface area contributed by atoms with E-state index in [1.54, 1.807) is 5.57 Å². The van der Waals surface area contributed by atoms with Crippen LogP contribution in [0.25, 0.3) is 0 Å². The predicted molar refractivity (Wildman–Crippen MR) is 179 cm³/mol. The van der Waals surface area contributed by atoms with E-state index in [9.17, 15) is 9.90 Å². The molecule has 0 bridgehead atoms. The Balaban J connectivity index is 0.000000295. The third kappa shape index (κ3) is 9.34. The molecule has 3 nitrogen and oxygen atoms in total. The van der Waals surface area contributed by atoms with Crippen molar-refractivity contribution in [2.24, 2.45) is 46.3 Å². The van der Waals surface area contributed by atoms with Crippen LogP contribution in [0.3, 0.4) is 0 Å². The first-order valence-electron chi connectivity index (χ1n) is 18.6. The van der Waals surface area contributed by atoms with E-state index in [2.05, 4.69) is 47.6 Å². The van der Waals surface area contributed by atoms with Gasteiger partial charge < -0.3 is 10.2 Å². The Morgan fingerprint density at radius 1 is 0.857 bits per heavy atom. The van der Waals surface area contributed by atoms with E-state index in [0.717, 1.165) is 61.2 Å². The molecule has 2 N–H and O–H groups in total. The van der Waals surface area contributed by atoms with Crippen LogP contribution in [-0.4, -0.2) is 22.3 Å². The molecule has 0 amide bonds. The Morgan fingerprint density at radius 2 is 1.52 bits per heavy atom. The first kappa shape index (κ1) is 35.6. The van der Waals surface area contributed by atoms with Gasteiger partial charge in [0, 0.05) is 6.42 Å². The van der Waals surface area contributed by atoms with Gasteiger partial charge in [0.15, 0.2) is 0 Å². The molecule has 0 aromatic heterocycles. The van der Waals surface area contributed by atoms with E-state index in [-0.39, 0.29) is 6.10 Å². The summed E-state index contributed by atoms with van der Waals surface area (Å²) in [6.07, 6.45) is 28.6. The minimum Gasteiger partial charge on any atom is -0.481 e. The van der Waals surface area contributed by atoms with E-state index < -0.39 is 5.97 Å². The minimum atomic E-state index is -0.659. The highest BCUT2D eigenvalue weighted by Gasteiger charge is 2.59. The molecule has 244 valence electrons. The van der Waals surface area contributed by atoms with Crippen LogP contribution in [0.2, 0.25) is 0 Å². The van der Waals surface area contributed by atoms with Crippen molar-refractivity contribution in [3.05, 3.63) is 11.6 Å². The molecule has 8 atom stereocenters. The van der Waals surface area contributed by atoms with Gasteiger partial charge in [-0.1, -0.05) is 124 Å². The number of aliphatic hydroxyl groups is 1. The summed E-state index contributed by atoms with van der Waals surface area (Å²) < 4.78 is 0. The number of rotatable bonds is 15. The smallest absolute Gasteiger partial charge is 0.303 e. The number of hydrogen-bond acceptors (Lipinski definition) is 2. The third-order valence-electron chi connectivity index (χ3n) is 12.8. The zero-order valence-electron chi connectivity index (χ0n) is 28.8. The van der Waals surface area contributed by atoms with Crippen LogP contribution < -0.4 is 0 Å². The molecule has 0 radical (unpaired) electrons. The molecule has 0 unspecified atom stereocenters. The highest BCUT2D eigenvalue weighted by atomic mass is 16.4. The Kier molecular flexibility index (Phi) is 14.4. The van der Waals surface area contributed by atoms with Gasteiger partial charge in [-0.2, -0.15) is 0 Å². The van der Waals surface area contributed by atoms with Gasteiger partial charge >= 0.3 is 5.97 Å². The standard InChI is InChI=1S/C27H46O.C12H24O2/c1-18(2)7-6-8-19(3)23-11-12-24-22-10-9-20-17-21(28)13-15-26(20,4)25(22)14-16-27(23,24)5;1-2-3-4-5-6-7-8-9-10-11-12(13)14/h9,18-19,21-25,28H,6-8,10-17H2,1-5H3;2-11H2,1H3,(H,13,14)/t19-,21+,22+,23-,24+,25+,26+,27-;/m1./s1. The molecule has 4 rings (SSSR count). The average Bonchev–Trinajstić information content (AvgIpc) is 3.30. The lowest BCUT2D eigenvalue weighted by atomic mass is 9.47. The second-order valence-electron chi connectivity index (χ2n) is 16.2. The number of allylic oxidation sites excluding steroid dienone is 1. The molecule has 4 aliphatic carbocycles. The maximum atomic E-state index is 10.2. The SMILES string of the molecule is CC(C)CCC[C@@H](C)[C@H]1CC[C@H]2[C@@H]3CC=C4C[C@@H](O)CC[C@]4(C)[C@H]3CC[C@]12C.CCCCCCCCCCCC(=O)O. The predicted octanol–water partition coefficient (Wildman–Crippen LogP) is 11.4. The van der Waals surface area contributed by atoms with Crippen molar-refractivity contribution in [2.45, 2.75) is 182 Å². The number of aliphatic hydroxyl groups excluding tert-OH is 1. The summed E-state index contributed by atoms with van der Waals surface area (Å²) in [6.45, 7) is 14.8. The summed E-state index contributed by atoms with van der Waals surface area (Å²) in [7, 11) is 0. The number of hydrogen-bond donors (Lipinski definition) is 2. The van der Waals surface area contributed by atoms with Crippen molar-refractivity contribution in [1.29, 1.82) is 0 Å². The van der Waals surface area contributed by atoms with Crippen molar-refractivity contribution in [3.8, 4) is 0 Å². The highest BCUT2D eigenvalue weighted by molar-refractivity contribution is 5.66. The zero-order valence-corrected chi connectivity index (χ0v) is 28.8. The lowest BCUT2D eigenvalue weighted by molar-refractivity contribution is -0.137. The van der Waals surface area contributed by atoms with Crippen LogP contribution in [-0.2, 0) is 4.79 Å². The molecule has 4 aliphatic rings. The molecule has 0 aromatic carbocycles. The molecule has 3 saturated carbocycles. The molecule has 42 heavy (non-hydrogen) atoms. The van der Waals surface area contributed by atoms with Gasteiger partial charge in [0.1, 0.15) is 0 Å². The van der Waals surface area contributed by atoms with Gasteiger partial charge in [-0.25, -0.2) is 0 Å². The molecular formula is C39H70O3. The normalized spacial score (nSPS) is 34.5. The third-order valence-corrected chi connectivity index (χ3v) is 12.8. The maximum Gasteiger partial charge on any atom is 0.303 e. The molecule has 0 spiro atoms. The highest BCUT2D eigenvalue weighted by Crippen LogP contribution is 2.67. The van der Waals surface area contributed by atoms with E-state index in [1.165, 1.54) is 103 Å². The lowest BCUT2D eigenvalue weighted by Crippen LogP contribution is -2.50. The molecule has 0 heterocycles. The summed E-state index contributed by atoms with van der Waals surface area (Å²) in [4.78, 5) is 10.2. The summed E-state index contributed by atoms with van der Waals surface area (Å²) in [5.74, 6) is 4.80. The van der Waals surface area contributed by atoms with Crippen molar-refractivity contribution in [2.75, 3.05) is 0 Å². The van der Waals surface area contributed by atoms with Crippen LogP contribution in [0.5, 0.6) is 0 Å². The largest absolute Gasteiger partial charge is 0.481 e. The Morgan fingerprint density at radius 3 is 2.17 bits per heavy atom. The molecule has 3 heteroatoms. The molecular weight excluding hydrogens is 516 g/mol. The fourth-order valence-corrected chi connectivity index (χ4v) is 10.3. The van der Waals surface area contributed by atoms with Crippen LogP contribution in [0.1, 0.15) is 176 Å². The van der Waals surface area contributed by atoms with Crippen molar-refractivity contribution in [3.63, 3.8) is 0 Å². The molecule has 0 aliphatic heterocycles. The monoisotopic (exact) mass is 587 g/mol. The van der Waals surface area contributed by atoms with E-state index >= 15 is 0 Å². The van der Waals surface area contributed by atoms with Gasteiger partial charge in [-0.3, -0.25) is 4.79 Å². The number of carbonyl (C=O) groups is 1. The maximum absolute atomic E-state index is 10.2. The summed E-state index contributed by atoms with van der Waals surface area (Å²) in [6, 6.07) is 0. The first-order chi connectivity index (χ1) is 20.0. The van der Waals surface area contributed by atoms with Crippen LogP contribution in [0.15, 0.2) is 11.6 Å². The summed E-state index contributed by atoms with van der Waals surface area (Å²) in [5.41, 5.74) is 2.60. The average molecular weight is 587 g/mol. The van der Waals surface area contributed by atoms with Crippen molar-refractivity contribution < 1.29 is 15.0 Å². The topological polar surface area (TPSA) is 57.5 Å². The second kappa shape index (κ2) is 17.0. The van der Waals surface area contributed by atoms with Crippen LogP contribution in [0.4, 0.5) is 0 Å². The van der Waals surface area contributed by atoms with Gasteiger partial charge in [0.2, 0.25) is 0 Å². The molecule has 3 fully saturated rings. The van der Waals surface area contributed by atoms with Gasteiger partial charge in [0.05, 0.1) is 6.10 Å². The van der Waals surface area contributed by atoms with Crippen LogP contribution in [0, 0.1) is 46.3 Å². The molecule has 0 saturated heterocycles. The summed E-state index contributed by atoms with van der Waals surface area (Å²) in [5, 5.41) is 18.6. The number of carboxylic acids is 1. The fourth-order valence-electron chi connectivity index (χ4n) is 10.3. The minimum absolute atomic E-state index is 0.0766. The Hall–Kier alpha value is -0.830. The van der Waals surface area contributed by atoms with E-state index in [4.69, 9.17) is 5.11 Å². The number of carboxylic acid groups (broad SMARTS) is 1. The quantitative estimate of drug-likeness (QED) is 0.148. The van der Waals surface area contributed by atoms with Crippen molar-refractivity contribution >= 4 is 5.97 Å². The Labute approximate surface area is 261 Å². The van der Waals surface area contributed by atoms with Gasteiger partial charge in [-0.05, 0) is 104 Å². The summed E-state index contributed by atoms with van der Waals surface area (Å²) >= 11 is 0.